The minimum atomic E-state index is -0.755. The van der Waals surface area contributed by atoms with Crippen LogP contribution >= 0.6 is 0 Å². The van der Waals surface area contributed by atoms with Gasteiger partial charge in [-0.15, -0.1) is 4.91 Å². The average molecular weight is 250 g/mol. The zero-order chi connectivity index (χ0) is 13.5. The number of anilines is 1. The molecule has 1 amide bonds. The number of aliphatic hydroxyl groups is 1. The average Bonchev–Trinajstić information content (AvgIpc) is 2.32. The molecule has 0 spiro atoms. The molecule has 0 fully saturated rings. The van der Waals surface area contributed by atoms with Crippen LogP contribution in [0.2, 0.25) is 0 Å². The number of aliphatic hydroxyl groups excluding tert-OH is 1. The minimum absolute atomic E-state index is 0.423. The molecule has 0 saturated carbocycles. The highest BCUT2D eigenvalue weighted by molar-refractivity contribution is 6.03. The zero-order valence-corrected chi connectivity index (χ0v) is 10.1. The summed E-state index contributed by atoms with van der Waals surface area (Å²) in [6.07, 6.45) is 0. The van der Waals surface area contributed by atoms with E-state index in [9.17, 15) is 9.70 Å². The fourth-order valence-corrected chi connectivity index (χ4v) is 1.26. The Morgan fingerprint density at radius 1 is 1.39 bits per heavy atom. The number of ether oxygens (including phenoxy) is 1. The van der Waals surface area contributed by atoms with Crippen molar-refractivity contribution in [2.45, 2.75) is 13.8 Å². The summed E-state index contributed by atoms with van der Waals surface area (Å²) in [6, 6.07) is 6.61. The van der Waals surface area contributed by atoms with Gasteiger partial charge in [-0.25, -0.2) is 0 Å². The van der Waals surface area contributed by atoms with Crippen molar-refractivity contribution in [3.63, 3.8) is 0 Å². The fourth-order valence-electron chi connectivity index (χ4n) is 1.26. The molecule has 0 aromatic heterocycles. The highest BCUT2D eigenvalue weighted by Gasteiger charge is 2.13. The van der Waals surface area contributed by atoms with Crippen LogP contribution < -0.4 is 10.1 Å². The Bertz CT molecular complexity index is 461. The molecule has 0 atom stereocenters. The zero-order valence-electron chi connectivity index (χ0n) is 10.1. The summed E-state index contributed by atoms with van der Waals surface area (Å²) in [5.74, 6) is -0.499. The first-order valence-corrected chi connectivity index (χ1v) is 5.36. The molecule has 0 bridgehead atoms. The van der Waals surface area contributed by atoms with Gasteiger partial charge < -0.3 is 15.2 Å². The van der Waals surface area contributed by atoms with Crippen LogP contribution in [0.1, 0.15) is 13.8 Å². The summed E-state index contributed by atoms with van der Waals surface area (Å²) < 4.78 is 5.24. The molecule has 0 aliphatic heterocycles. The number of carbonyl (C=O) groups is 1. The smallest absolute Gasteiger partial charge is 0.281 e. The number of allylic oxidation sites excluding steroid dienone is 1. The van der Waals surface area contributed by atoms with Crippen molar-refractivity contribution in [2.75, 3.05) is 11.9 Å². The first kappa shape index (κ1) is 13.7. The van der Waals surface area contributed by atoms with E-state index in [0.717, 1.165) is 0 Å². The van der Waals surface area contributed by atoms with E-state index in [1.54, 1.807) is 24.3 Å². The standard InChI is InChI=1S/C12H14N2O4/c1-3-18-10-6-4-9(5-7-10)13-12(16)11(14-17)8(2)15/h4-7,15H,3H2,1-2H3,(H,13,16)/b11-8+. The Kier molecular flexibility index (Phi) is 4.86. The molecule has 6 heteroatoms. The molecule has 0 radical (unpaired) electrons. The molecule has 6 nitrogen and oxygen atoms in total. The van der Waals surface area contributed by atoms with E-state index in [0.29, 0.717) is 18.0 Å². The molecule has 18 heavy (non-hydrogen) atoms. The number of nitrogens with zero attached hydrogens (tertiary/aromatic N) is 1. The van der Waals surface area contributed by atoms with Gasteiger partial charge in [-0.2, -0.15) is 0 Å². The monoisotopic (exact) mass is 250 g/mol. The molecule has 2 N–H and O–H groups in total. The third-order valence-electron chi connectivity index (χ3n) is 2.07. The summed E-state index contributed by atoms with van der Waals surface area (Å²) in [5, 5.41) is 14.0. The van der Waals surface area contributed by atoms with Crippen LogP contribution in [0.4, 0.5) is 5.69 Å². The van der Waals surface area contributed by atoms with Gasteiger partial charge in [0, 0.05) is 5.69 Å². The van der Waals surface area contributed by atoms with E-state index >= 15 is 0 Å². The third kappa shape index (κ3) is 3.58. The second-order valence-electron chi connectivity index (χ2n) is 3.44. The molecule has 0 aliphatic rings. The quantitative estimate of drug-likeness (QED) is 0.477. The van der Waals surface area contributed by atoms with Gasteiger partial charge in [-0.05, 0) is 43.3 Å². The number of nitrogens with one attached hydrogen (secondary N) is 1. The summed E-state index contributed by atoms with van der Waals surface area (Å²) in [4.78, 5) is 21.9. The van der Waals surface area contributed by atoms with Gasteiger partial charge >= 0.3 is 0 Å². The summed E-state index contributed by atoms with van der Waals surface area (Å²) >= 11 is 0. The Morgan fingerprint density at radius 3 is 2.44 bits per heavy atom. The molecule has 1 rings (SSSR count). The van der Waals surface area contributed by atoms with E-state index in [4.69, 9.17) is 9.84 Å². The number of hydrogen-bond acceptors (Lipinski definition) is 5. The highest BCUT2D eigenvalue weighted by Crippen LogP contribution is 2.16. The van der Waals surface area contributed by atoms with E-state index < -0.39 is 17.4 Å². The molecule has 0 aliphatic carbocycles. The molecular formula is C12H14N2O4. The van der Waals surface area contributed by atoms with E-state index in [1.165, 1.54) is 6.92 Å². The first-order chi connectivity index (χ1) is 8.58. The van der Waals surface area contributed by atoms with Crippen LogP contribution in [0.15, 0.2) is 40.9 Å². The molecule has 0 heterocycles. The van der Waals surface area contributed by atoms with Crippen molar-refractivity contribution in [1.29, 1.82) is 0 Å². The Labute approximate surface area is 104 Å². The molecule has 0 unspecified atom stereocenters. The lowest BCUT2D eigenvalue weighted by atomic mass is 10.3. The van der Waals surface area contributed by atoms with Crippen molar-refractivity contribution in [1.82, 2.24) is 0 Å². The number of hydrogen-bond donors (Lipinski definition) is 2. The van der Waals surface area contributed by atoms with Crippen LogP contribution in [-0.2, 0) is 4.79 Å². The van der Waals surface area contributed by atoms with E-state index in [1.807, 2.05) is 6.92 Å². The highest BCUT2D eigenvalue weighted by atomic mass is 16.5. The van der Waals surface area contributed by atoms with Gasteiger partial charge in [-0.1, -0.05) is 0 Å². The van der Waals surface area contributed by atoms with E-state index in [2.05, 4.69) is 10.5 Å². The summed E-state index contributed by atoms with van der Waals surface area (Å²) in [7, 11) is 0. The molecular weight excluding hydrogens is 236 g/mol. The first-order valence-electron chi connectivity index (χ1n) is 5.36. The Hall–Kier alpha value is -2.37. The summed E-state index contributed by atoms with van der Waals surface area (Å²) in [6.45, 7) is 3.64. The molecule has 1 aromatic rings. The Balaban J connectivity index is 2.76. The van der Waals surface area contributed by atoms with Crippen LogP contribution in [0, 0.1) is 4.91 Å². The maximum absolute atomic E-state index is 11.5. The van der Waals surface area contributed by atoms with Gasteiger partial charge in [-0.3, -0.25) is 4.79 Å². The fraction of sp³-hybridized carbons (Fsp3) is 0.250. The number of nitroso groups, excluding NO2 is 1. The predicted octanol–water partition coefficient (Wildman–Crippen LogP) is 2.58. The Morgan fingerprint density at radius 2 is 2.00 bits per heavy atom. The normalized spacial score (nSPS) is 11.4. The van der Waals surface area contributed by atoms with Gasteiger partial charge in [0.1, 0.15) is 11.5 Å². The van der Waals surface area contributed by atoms with Crippen LogP contribution in [0.3, 0.4) is 0 Å². The lowest BCUT2D eigenvalue weighted by Gasteiger charge is -2.06. The van der Waals surface area contributed by atoms with Crippen molar-refractivity contribution in [3.8, 4) is 5.75 Å². The lowest BCUT2D eigenvalue weighted by molar-refractivity contribution is -0.113. The topological polar surface area (TPSA) is 88.0 Å². The molecule has 1 aromatic carbocycles. The second-order valence-corrected chi connectivity index (χ2v) is 3.44. The van der Waals surface area contributed by atoms with Gasteiger partial charge in [0.15, 0.2) is 0 Å². The van der Waals surface area contributed by atoms with Crippen LogP contribution in [0.25, 0.3) is 0 Å². The van der Waals surface area contributed by atoms with Gasteiger partial charge in [0.2, 0.25) is 5.70 Å². The number of amides is 1. The largest absolute Gasteiger partial charge is 0.510 e. The lowest BCUT2D eigenvalue weighted by Crippen LogP contribution is -2.14. The van der Waals surface area contributed by atoms with E-state index in [-0.39, 0.29) is 0 Å². The number of carbonyl (C=O) groups excluding carboxylic acids is 1. The van der Waals surface area contributed by atoms with Crippen molar-refractivity contribution < 1.29 is 14.6 Å². The summed E-state index contributed by atoms with van der Waals surface area (Å²) in [5.41, 5.74) is -0.0604. The maximum Gasteiger partial charge on any atom is 0.281 e. The predicted molar refractivity (Wildman–Crippen MR) is 67.4 cm³/mol. The maximum atomic E-state index is 11.5. The van der Waals surface area contributed by atoms with Crippen LogP contribution in [0.5, 0.6) is 5.75 Å². The number of rotatable bonds is 5. The van der Waals surface area contributed by atoms with Crippen LogP contribution in [-0.4, -0.2) is 17.6 Å². The SMILES string of the molecule is CCOc1ccc(NC(=O)/C(N=O)=C(/C)O)cc1. The van der Waals surface area contributed by atoms with Crippen molar-refractivity contribution >= 4 is 11.6 Å². The number of benzene rings is 1. The molecule has 96 valence electrons. The third-order valence-corrected chi connectivity index (χ3v) is 2.07. The van der Waals surface area contributed by atoms with Gasteiger partial charge in [0.05, 0.1) is 6.61 Å². The minimum Gasteiger partial charge on any atom is -0.510 e. The van der Waals surface area contributed by atoms with Gasteiger partial charge in [0.25, 0.3) is 5.91 Å². The second kappa shape index (κ2) is 6.39. The van der Waals surface area contributed by atoms with Crippen molar-refractivity contribution in [3.05, 3.63) is 40.6 Å². The molecule has 0 saturated heterocycles. The van der Waals surface area contributed by atoms with Crippen molar-refractivity contribution in [2.24, 2.45) is 5.18 Å².